The van der Waals surface area contributed by atoms with Crippen molar-refractivity contribution in [1.29, 1.82) is 0 Å². The van der Waals surface area contributed by atoms with Crippen LogP contribution in [0.2, 0.25) is 0 Å². The van der Waals surface area contributed by atoms with E-state index in [1.54, 1.807) is 21.6 Å². The van der Waals surface area contributed by atoms with E-state index in [-0.39, 0.29) is 10.9 Å². The fourth-order valence-electron chi connectivity index (χ4n) is 8.57. The van der Waals surface area contributed by atoms with Gasteiger partial charge in [-0.1, -0.05) is 88.6 Å². The third-order valence-corrected chi connectivity index (χ3v) is 12.8. The van der Waals surface area contributed by atoms with Gasteiger partial charge in [0.2, 0.25) is 0 Å². The molecule has 3 aromatic rings. The molecule has 0 heterocycles. The van der Waals surface area contributed by atoms with Gasteiger partial charge in [0.25, 0.3) is 0 Å². The third kappa shape index (κ3) is 7.82. The summed E-state index contributed by atoms with van der Waals surface area (Å²) in [6.07, 6.45) is 17.8. The van der Waals surface area contributed by atoms with Gasteiger partial charge in [0.05, 0.1) is 10.9 Å². The van der Waals surface area contributed by atoms with Crippen LogP contribution < -0.4 is 5.11 Å². The van der Waals surface area contributed by atoms with Crippen LogP contribution >= 0.6 is 0 Å². The average Bonchev–Trinajstić information content (AvgIpc) is 3.03. The van der Waals surface area contributed by atoms with Crippen molar-refractivity contribution in [2.75, 3.05) is 0 Å². The highest BCUT2D eigenvalue weighted by Gasteiger charge is 2.51. The van der Waals surface area contributed by atoms with Crippen LogP contribution in [0.1, 0.15) is 115 Å². The molecule has 0 radical (unpaired) electrons. The number of hydrogen-bond acceptors (Lipinski definition) is 2. The Balaban J connectivity index is 0.000000242. The van der Waals surface area contributed by atoms with Gasteiger partial charge in [0.15, 0.2) is 14.7 Å². The van der Waals surface area contributed by atoms with E-state index in [2.05, 4.69) is 93.6 Å². The Kier molecular flexibility index (Phi) is 11.7. The first-order valence-electron chi connectivity index (χ1n) is 17.7. The number of carboxylic acids is 1. The predicted octanol–water partition coefficient (Wildman–Crippen LogP) is 9.76. The average molecular weight is 611 g/mol. The predicted molar refractivity (Wildman–Crippen MR) is 183 cm³/mol. The molecule has 0 amide bonds. The van der Waals surface area contributed by atoms with E-state index < -0.39 is 11.4 Å². The normalized spacial score (nSPS) is 23.4. The van der Waals surface area contributed by atoms with Crippen LogP contribution in [-0.4, -0.2) is 5.97 Å². The van der Waals surface area contributed by atoms with E-state index >= 15 is 0 Å². The van der Waals surface area contributed by atoms with E-state index in [0.717, 1.165) is 19.3 Å². The summed E-state index contributed by atoms with van der Waals surface area (Å²) >= 11 is 0. The molecule has 7 rings (SSSR count). The monoisotopic (exact) mass is 610 g/mol. The molecule has 4 aliphatic rings. The maximum atomic E-state index is 11.1. The van der Waals surface area contributed by atoms with Gasteiger partial charge in [-0.15, -0.1) is 0 Å². The van der Waals surface area contributed by atoms with E-state index in [0.29, 0.717) is 17.8 Å². The van der Waals surface area contributed by atoms with Gasteiger partial charge in [-0.3, -0.25) is 0 Å². The molecule has 2 nitrogen and oxygen atoms in total. The van der Waals surface area contributed by atoms with Crippen molar-refractivity contribution in [3.63, 3.8) is 0 Å². The van der Waals surface area contributed by atoms with Crippen molar-refractivity contribution >= 4 is 16.9 Å². The molecule has 0 N–H and O–H groups in total. The number of aryl methyl sites for hydroxylation is 3. The van der Waals surface area contributed by atoms with Crippen molar-refractivity contribution in [2.45, 2.75) is 132 Å². The Bertz CT molecular complexity index is 1230. The molecule has 44 heavy (non-hydrogen) atoms. The second-order valence-electron chi connectivity index (χ2n) is 14.0. The topological polar surface area (TPSA) is 40.1 Å². The quantitative estimate of drug-likeness (QED) is 0.181. The standard InChI is InChI=1S/C30H39S.C11H16O2/c1-4-7-16-25-23-26(17-8-5-2)30(27(24-25)18-9-6-3)31(28-19-12-10-13-20-28)29-21-14-11-15-22-29;12-10(13)11-4-7-1-8(5-11)3-9(2-7)6-11/h10-15,19-24H,4-9,16-18H2,1-3H3;7-9H,1-6H2,(H,12,13)/q+1;/p-1. The SMILES string of the molecule is CCCCc1cc(CCCC)c([S+](c2ccccc2)c2ccccc2)c(CCCC)c1.O=C([O-])C12CC3CC(CC(C3)C1)C2. The number of carbonyl (C=O) groups is 1. The molecule has 236 valence electrons. The van der Waals surface area contributed by atoms with Crippen LogP contribution in [0.3, 0.4) is 0 Å². The molecule has 4 fully saturated rings. The second-order valence-corrected chi connectivity index (χ2v) is 15.9. The first kappa shape index (κ1) is 32.9. The van der Waals surface area contributed by atoms with Crippen LogP contribution in [0.15, 0.2) is 87.5 Å². The van der Waals surface area contributed by atoms with E-state index in [1.165, 1.54) is 86.8 Å². The smallest absolute Gasteiger partial charge is 0.172 e. The van der Waals surface area contributed by atoms with Crippen molar-refractivity contribution in [1.82, 2.24) is 0 Å². The van der Waals surface area contributed by atoms with E-state index in [9.17, 15) is 9.90 Å². The minimum Gasteiger partial charge on any atom is -0.550 e. The Morgan fingerprint density at radius 2 is 1.09 bits per heavy atom. The fraction of sp³-hybridized carbons (Fsp3) is 0.537. The number of unbranched alkanes of at least 4 members (excludes halogenated alkanes) is 3. The summed E-state index contributed by atoms with van der Waals surface area (Å²) in [7, 11) is -0.0587. The van der Waals surface area contributed by atoms with Crippen LogP contribution in [0.25, 0.3) is 0 Å². The zero-order valence-electron chi connectivity index (χ0n) is 27.5. The van der Waals surface area contributed by atoms with Crippen molar-refractivity contribution in [2.24, 2.45) is 23.2 Å². The molecule has 0 atom stereocenters. The molecule has 0 saturated heterocycles. The number of hydrogen-bond donors (Lipinski definition) is 0. The van der Waals surface area contributed by atoms with Gasteiger partial charge in [0.1, 0.15) is 0 Å². The van der Waals surface area contributed by atoms with Crippen LogP contribution in [0.4, 0.5) is 0 Å². The summed E-state index contributed by atoms with van der Waals surface area (Å²) in [5, 5.41) is 11.1. The number of aliphatic carboxylic acids is 1. The highest BCUT2D eigenvalue weighted by Crippen LogP contribution is 2.59. The molecule has 4 aliphatic carbocycles. The lowest BCUT2D eigenvalue weighted by Gasteiger charge is -2.57. The molecule has 4 bridgehead atoms. The first-order valence-corrected chi connectivity index (χ1v) is 18.9. The van der Waals surface area contributed by atoms with Gasteiger partial charge in [-0.05, 0) is 125 Å². The van der Waals surface area contributed by atoms with Crippen LogP contribution in [-0.2, 0) is 35.0 Å². The summed E-state index contributed by atoms with van der Waals surface area (Å²) in [5.74, 6) is 1.38. The highest BCUT2D eigenvalue weighted by molar-refractivity contribution is 7.97. The van der Waals surface area contributed by atoms with Crippen LogP contribution in [0, 0.1) is 23.2 Å². The lowest BCUT2D eigenvalue weighted by atomic mass is 9.49. The number of rotatable bonds is 13. The molecular formula is C41H54O2S. The second kappa shape index (κ2) is 15.7. The van der Waals surface area contributed by atoms with Crippen LogP contribution in [0.5, 0.6) is 0 Å². The summed E-state index contributed by atoms with van der Waals surface area (Å²) < 4.78 is 0. The zero-order valence-corrected chi connectivity index (χ0v) is 28.3. The van der Waals surface area contributed by atoms with E-state index in [1.807, 2.05) is 0 Å². The molecule has 3 heteroatoms. The molecule has 0 aliphatic heterocycles. The van der Waals surface area contributed by atoms with Crippen molar-refractivity contribution in [3.05, 3.63) is 89.5 Å². The number of carbonyl (C=O) groups excluding carboxylic acids is 1. The van der Waals surface area contributed by atoms with Gasteiger partial charge >= 0.3 is 0 Å². The van der Waals surface area contributed by atoms with Crippen molar-refractivity contribution < 1.29 is 9.90 Å². The number of carboxylic acid groups (broad SMARTS) is 1. The Hall–Kier alpha value is -2.52. The van der Waals surface area contributed by atoms with Crippen molar-refractivity contribution in [3.8, 4) is 0 Å². The highest BCUT2D eigenvalue weighted by atomic mass is 32.2. The molecule has 4 saturated carbocycles. The fourth-order valence-corrected chi connectivity index (χ4v) is 11.0. The minimum absolute atomic E-state index is 0.0587. The van der Waals surface area contributed by atoms with Gasteiger partial charge in [0, 0.05) is 22.5 Å². The molecule has 0 spiro atoms. The van der Waals surface area contributed by atoms with Gasteiger partial charge in [-0.2, -0.15) is 0 Å². The summed E-state index contributed by atoms with van der Waals surface area (Å²) in [5.41, 5.74) is 4.34. The van der Waals surface area contributed by atoms with Gasteiger partial charge < -0.3 is 9.90 Å². The Labute approximate surface area is 270 Å². The largest absolute Gasteiger partial charge is 0.550 e. The first-order chi connectivity index (χ1) is 21.5. The summed E-state index contributed by atoms with van der Waals surface area (Å²) in [6.45, 7) is 6.92. The minimum atomic E-state index is -0.758. The lowest BCUT2D eigenvalue weighted by molar-refractivity contribution is -0.327. The molecular weight excluding hydrogens is 557 g/mol. The third-order valence-electron chi connectivity index (χ3n) is 10.4. The molecule has 3 aromatic carbocycles. The summed E-state index contributed by atoms with van der Waals surface area (Å²) in [6, 6.07) is 27.5. The Morgan fingerprint density at radius 1 is 0.682 bits per heavy atom. The summed E-state index contributed by atoms with van der Waals surface area (Å²) in [4.78, 5) is 15.6. The zero-order chi connectivity index (χ0) is 30.9. The maximum Gasteiger partial charge on any atom is 0.172 e. The van der Waals surface area contributed by atoms with Gasteiger partial charge in [-0.25, -0.2) is 0 Å². The Morgan fingerprint density at radius 3 is 1.48 bits per heavy atom. The lowest BCUT2D eigenvalue weighted by Crippen LogP contribution is -2.54. The van der Waals surface area contributed by atoms with E-state index in [4.69, 9.17) is 0 Å². The number of benzene rings is 3. The maximum absolute atomic E-state index is 11.1. The molecule has 0 unspecified atom stereocenters. The molecule has 0 aromatic heterocycles.